The summed E-state index contributed by atoms with van der Waals surface area (Å²) in [5.41, 5.74) is 0. The largest absolute Gasteiger partial charge is 0.123 e. The van der Waals surface area contributed by atoms with Gasteiger partial charge in [-0.15, -0.1) is 23.4 Å². The third kappa shape index (κ3) is 7.95. The summed E-state index contributed by atoms with van der Waals surface area (Å²) in [6.45, 7) is 4.07. The second kappa shape index (κ2) is 8.94. The molecule has 0 radical (unpaired) electrons. The van der Waals surface area contributed by atoms with Gasteiger partial charge in [-0.2, -0.15) is 0 Å². The Labute approximate surface area is 81.7 Å². The van der Waals surface area contributed by atoms with E-state index >= 15 is 0 Å². The van der Waals surface area contributed by atoms with E-state index in [1.807, 2.05) is 6.92 Å². The Bertz CT molecular complexity index is 141. The summed E-state index contributed by atoms with van der Waals surface area (Å²) in [4.78, 5) is 0. The molecule has 0 bridgehead atoms. The molecule has 0 saturated carbocycles. The van der Waals surface area contributed by atoms with Crippen LogP contribution in [0.1, 0.15) is 52.4 Å². The summed E-state index contributed by atoms with van der Waals surface area (Å²) in [6.07, 6.45) is 6.97. The number of hydrogen-bond donors (Lipinski definition) is 0. The maximum atomic E-state index is 6.06. The molecule has 70 valence electrons. The Morgan fingerprint density at radius 1 is 1.25 bits per heavy atom. The van der Waals surface area contributed by atoms with Gasteiger partial charge in [0.25, 0.3) is 0 Å². The summed E-state index contributed by atoms with van der Waals surface area (Å²) >= 11 is 6.06. The van der Waals surface area contributed by atoms with Gasteiger partial charge in [0.05, 0.1) is 0 Å². The van der Waals surface area contributed by atoms with Gasteiger partial charge in [-0.25, -0.2) is 0 Å². The highest BCUT2D eigenvalue weighted by atomic mass is 35.5. The van der Waals surface area contributed by atoms with Crippen LogP contribution in [0.15, 0.2) is 0 Å². The van der Waals surface area contributed by atoms with Crippen molar-refractivity contribution in [2.75, 3.05) is 0 Å². The van der Waals surface area contributed by atoms with Gasteiger partial charge in [0, 0.05) is 11.8 Å². The molecule has 12 heavy (non-hydrogen) atoms. The first-order chi connectivity index (χ1) is 5.81. The van der Waals surface area contributed by atoms with E-state index in [0.717, 1.165) is 19.3 Å². The molecule has 1 atom stereocenters. The van der Waals surface area contributed by atoms with Crippen molar-refractivity contribution in [1.29, 1.82) is 0 Å². The maximum absolute atomic E-state index is 6.06. The van der Waals surface area contributed by atoms with E-state index in [0.29, 0.717) is 5.38 Å². The molecule has 0 heterocycles. The van der Waals surface area contributed by atoms with Gasteiger partial charge in [-0.05, 0) is 26.2 Å². The average molecular weight is 187 g/mol. The Morgan fingerprint density at radius 2 is 2.00 bits per heavy atom. The number of hydrogen-bond acceptors (Lipinski definition) is 0. The van der Waals surface area contributed by atoms with Crippen LogP contribution in [0.3, 0.4) is 0 Å². The summed E-state index contributed by atoms with van der Waals surface area (Å²) in [6, 6.07) is 0. The minimum absolute atomic E-state index is 0.393. The fourth-order valence-electron chi connectivity index (χ4n) is 1.16. The van der Waals surface area contributed by atoms with E-state index < -0.39 is 0 Å². The van der Waals surface area contributed by atoms with Crippen LogP contribution >= 0.6 is 11.6 Å². The minimum atomic E-state index is 0.393. The highest BCUT2D eigenvalue weighted by Crippen LogP contribution is 2.13. The van der Waals surface area contributed by atoms with Gasteiger partial charge in [0.1, 0.15) is 0 Å². The summed E-state index contributed by atoms with van der Waals surface area (Å²) in [7, 11) is 0. The fraction of sp³-hybridized carbons (Fsp3) is 0.818. The van der Waals surface area contributed by atoms with E-state index in [1.54, 1.807) is 0 Å². The van der Waals surface area contributed by atoms with Crippen molar-refractivity contribution in [2.24, 2.45) is 0 Å². The lowest BCUT2D eigenvalue weighted by Gasteiger charge is -2.05. The molecule has 0 aromatic rings. The van der Waals surface area contributed by atoms with Crippen LogP contribution in [-0.4, -0.2) is 5.38 Å². The molecule has 0 aromatic carbocycles. The van der Waals surface area contributed by atoms with Crippen LogP contribution in [0.4, 0.5) is 0 Å². The Morgan fingerprint density at radius 3 is 2.58 bits per heavy atom. The summed E-state index contributed by atoms with van der Waals surface area (Å²) in [5, 5.41) is 0.393. The van der Waals surface area contributed by atoms with Crippen LogP contribution in [-0.2, 0) is 0 Å². The lowest BCUT2D eigenvalue weighted by Crippen LogP contribution is -1.96. The van der Waals surface area contributed by atoms with Crippen LogP contribution in [0.5, 0.6) is 0 Å². The first-order valence-electron chi connectivity index (χ1n) is 4.85. The first-order valence-corrected chi connectivity index (χ1v) is 5.28. The lowest BCUT2D eigenvalue weighted by molar-refractivity contribution is 0.621. The van der Waals surface area contributed by atoms with E-state index in [9.17, 15) is 0 Å². The van der Waals surface area contributed by atoms with Gasteiger partial charge >= 0.3 is 0 Å². The van der Waals surface area contributed by atoms with Crippen molar-refractivity contribution in [3.63, 3.8) is 0 Å². The minimum Gasteiger partial charge on any atom is -0.123 e. The molecular formula is C11H19Cl. The molecule has 0 rings (SSSR count). The molecule has 0 N–H and O–H groups in total. The van der Waals surface area contributed by atoms with Crippen LogP contribution in [0, 0.1) is 11.8 Å². The molecule has 0 fully saturated rings. The molecule has 0 aliphatic rings. The monoisotopic (exact) mass is 186 g/mol. The highest BCUT2D eigenvalue weighted by molar-refractivity contribution is 6.20. The third-order valence-electron chi connectivity index (χ3n) is 1.85. The topological polar surface area (TPSA) is 0 Å². The Balaban J connectivity index is 3.11. The summed E-state index contributed by atoms with van der Waals surface area (Å²) in [5.74, 6) is 5.96. The smallest absolute Gasteiger partial charge is 0.0336 e. The zero-order chi connectivity index (χ0) is 9.23. The fourth-order valence-corrected chi connectivity index (χ4v) is 1.53. The quantitative estimate of drug-likeness (QED) is 0.335. The Kier molecular flexibility index (Phi) is 8.83. The van der Waals surface area contributed by atoms with Gasteiger partial charge < -0.3 is 0 Å². The molecule has 1 unspecified atom stereocenters. The van der Waals surface area contributed by atoms with Gasteiger partial charge in [0.2, 0.25) is 0 Å². The highest BCUT2D eigenvalue weighted by Gasteiger charge is 2.01. The molecule has 0 saturated heterocycles. The second-order valence-electron chi connectivity index (χ2n) is 3.06. The molecule has 0 aliphatic heterocycles. The number of unbranched alkanes of at least 4 members (excludes halogenated alkanes) is 2. The van der Waals surface area contributed by atoms with E-state index in [1.165, 1.54) is 19.3 Å². The van der Waals surface area contributed by atoms with Crippen LogP contribution < -0.4 is 0 Å². The molecular weight excluding hydrogens is 168 g/mol. The molecule has 1 heteroatoms. The normalized spacial score (nSPS) is 11.9. The molecule has 0 amide bonds. The van der Waals surface area contributed by atoms with E-state index in [-0.39, 0.29) is 0 Å². The van der Waals surface area contributed by atoms with Crippen molar-refractivity contribution in [2.45, 2.75) is 57.7 Å². The van der Waals surface area contributed by atoms with Gasteiger partial charge in [0.15, 0.2) is 0 Å². The Hall–Kier alpha value is -0.150. The number of rotatable bonds is 6. The average Bonchev–Trinajstić information content (AvgIpc) is 2.05. The van der Waals surface area contributed by atoms with Crippen LogP contribution in [0.25, 0.3) is 0 Å². The van der Waals surface area contributed by atoms with E-state index in [2.05, 4.69) is 18.8 Å². The van der Waals surface area contributed by atoms with Crippen molar-refractivity contribution in [1.82, 2.24) is 0 Å². The van der Waals surface area contributed by atoms with Crippen LogP contribution in [0.2, 0.25) is 0 Å². The van der Waals surface area contributed by atoms with Gasteiger partial charge in [-0.1, -0.05) is 19.8 Å². The van der Waals surface area contributed by atoms with Crippen molar-refractivity contribution in [3.8, 4) is 11.8 Å². The zero-order valence-electron chi connectivity index (χ0n) is 8.20. The molecule has 0 nitrogen and oxygen atoms in total. The number of halogens is 1. The second-order valence-corrected chi connectivity index (χ2v) is 3.68. The first kappa shape index (κ1) is 11.8. The lowest BCUT2D eigenvalue weighted by atomic mass is 10.1. The third-order valence-corrected chi connectivity index (χ3v) is 2.28. The number of alkyl halides is 1. The van der Waals surface area contributed by atoms with Gasteiger partial charge in [-0.3, -0.25) is 0 Å². The standard InChI is InChI=1S/C11H19Cl/c1-3-5-6-7-8-10-11(12)9-4-2/h11H,4,6-10H2,1-2H3. The van der Waals surface area contributed by atoms with Crippen molar-refractivity contribution < 1.29 is 0 Å². The molecule has 0 spiro atoms. The molecule has 0 aliphatic carbocycles. The predicted molar refractivity (Wildman–Crippen MR) is 56.5 cm³/mol. The maximum Gasteiger partial charge on any atom is 0.0336 e. The molecule has 0 aromatic heterocycles. The van der Waals surface area contributed by atoms with E-state index in [4.69, 9.17) is 11.6 Å². The van der Waals surface area contributed by atoms with Crippen molar-refractivity contribution >= 4 is 11.6 Å². The van der Waals surface area contributed by atoms with Crippen molar-refractivity contribution in [3.05, 3.63) is 0 Å². The summed E-state index contributed by atoms with van der Waals surface area (Å²) < 4.78 is 0. The SMILES string of the molecule is CC#CCCCCC(Cl)CCC. The predicted octanol–water partition coefficient (Wildman–Crippen LogP) is 3.98. The zero-order valence-corrected chi connectivity index (χ0v) is 8.95.